The van der Waals surface area contributed by atoms with Crippen LogP contribution in [0.4, 0.5) is 0 Å². The number of aliphatic hydroxyl groups is 1. The minimum atomic E-state index is -1.18. The molecule has 0 aliphatic rings. The van der Waals surface area contributed by atoms with Gasteiger partial charge in [-0.3, -0.25) is 10.1 Å². The molecule has 60 valence electrons. The highest BCUT2D eigenvalue weighted by atomic mass is 16.6. The topological polar surface area (TPSA) is 63.4 Å². The van der Waals surface area contributed by atoms with Crippen LogP contribution < -0.4 is 0 Å². The van der Waals surface area contributed by atoms with Crippen LogP contribution in [0.1, 0.15) is 27.2 Å². The number of hydrogen-bond acceptors (Lipinski definition) is 3. The van der Waals surface area contributed by atoms with E-state index in [2.05, 4.69) is 0 Å². The van der Waals surface area contributed by atoms with Crippen molar-refractivity contribution in [2.24, 2.45) is 0 Å². The lowest BCUT2D eigenvalue weighted by molar-refractivity contribution is -0.540. The second kappa shape index (κ2) is 2.96. The van der Waals surface area contributed by atoms with Crippen LogP contribution >= 0.6 is 0 Å². The van der Waals surface area contributed by atoms with Crippen molar-refractivity contribution >= 4 is 0 Å². The molecule has 0 saturated carbocycles. The van der Waals surface area contributed by atoms with Crippen LogP contribution in [0.25, 0.3) is 0 Å². The smallest absolute Gasteiger partial charge is 0.238 e. The Bertz CT molecular complexity index is 133. The number of hydrogen-bond donors (Lipinski definition) is 1. The van der Waals surface area contributed by atoms with Gasteiger partial charge in [-0.05, 0) is 13.3 Å². The van der Waals surface area contributed by atoms with Crippen LogP contribution in [-0.2, 0) is 0 Å². The number of nitro groups is 1. The van der Waals surface area contributed by atoms with Crippen LogP contribution in [0, 0.1) is 10.1 Å². The summed E-state index contributed by atoms with van der Waals surface area (Å²) in [7, 11) is 0. The first-order valence-electron chi connectivity index (χ1n) is 3.27. The molecular formula is C6H13NO3. The molecule has 0 rings (SSSR count). The van der Waals surface area contributed by atoms with Crippen molar-refractivity contribution in [3.8, 4) is 0 Å². The summed E-state index contributed by atoms with van der Waals surface area (Å²) in [5.41, 5.74) is -1.18. The molecule has 0 radical (unpaired) electrons. The van der Waals surface area contributed by atoms with Crippen molar-refractivity contribution in [2.45, 2.75) is 38.8 Å². The summed E-state index contributed by atoms with van der Waals surface area (Å²) in [6, 6.07) is -0.891. The first-order chi connectivity index (χ1) is 4.41. The third kappa shape index (κ3) is 1.95. The second-order valence-electron chi connectivity index (χ2n) is 2.67. The lowest BCUT2D eigenvalue weighted by Gasteiger charge is -2.21. The van der Waals surface area contributed by atoms with E-state index >= 15 is 0 Å². The zero-order valence-electron chi connectivity index (χ0n) is 6.50. The molecule has 0 fully saturated rings. The first-order valence-corrected chi connectivity index (χ1v) is 3.27. The molecule has 0 aromatic rings. The average Bonchev–Trinajstić information content (AvgIpc) is 1.86. The predicted molar refractivity (Wildman–Crippen MR) is 37.4 cm³/mol. The van der Waals surface area contributed by atoms with Gasteiger partial charge in [0, 0.05) is 11.8 Å². The van der Waals surface area contributed by atoms with Gasteiger partial charge in [0.05, 0.1) is 0 Å². The van der Waals surface area contributed by atoms with Gasteiger partial charge in [-0.2, -0.15) is 0 Å². The average molecular weight is 147 g/mol. The monoisotopic (exact) mass is 147 g/mol. The third-order valence-corrected chi connectivity index (χ3v) is 1.93. The molecule has 4 heteroatoms. The molecule has 1 N–H and O–H groups in total. The second-order valence-corrected chi connectivity index (χ2v) is 2.67. The molecule has 0 saturated heterocycles. The van der Waals surface area contributed by atoms with Gasteiger partial charge in [0.15, 0.2) is 0 Å². The van der Waals surface area contributed by atoms with Crippen LogP contribution in [0.2, 0.25) is 0 Å². The molecule has 0 unspecified atom stereocenters. The molecule has 0 heterocycles. The van der Waals surface area contributed by atoms with Gasteiger partial charge < -0.3 is 5.11 Å². The van der Waals surface area contributed by atoms with Crippen molar-refractivity contribution in [3.63, 3.8) is 0 Å². The van der Waals surface area contributed by atoms with Crippen LogP contribution in [-0.4, -0.2) is 21.7 Å². The van der Waals surface area contributed by atoms with Crippen LogP contribution in [0.15, 0.2) is 0 Å². The van der Waals surface area contributed by atoms with E-state index in [1.54, 1.807) is 6.92 Å². The fraction of sp³-hybridized carbons (Fsp3) is 1.00. The van der Waals surface area contributed by atoms with Gasteiger partial charge in [-0.15, -0.1) is 0 Å². The standard InChI is InChI=1S/C6H13NO3/c1-4-6(3,8)5(2)7(9)10/h5,8H,4H2,1-3H3/t5-,6+/m1/s1. The van der Waals surface area contributed by atoms with Gasteiger partial charge in [0.2, 0.25) is 6.04 Å². The highest BCUT2D eigenvalue weighted by Gasteiger charge is 2.34. The molecule has 0 aromatic carbocycles. The molecule has 2 atom stereocenters. The van der Waals surface area contributed by atoms with E-state index in [-0.39, 0.29) is 0 Å². The van der Waals surface area contributed by atoms with Crippen molar-refractivity contribution < 1.29 is 10.0 Å². The normalized spacial score (nSPS) is 19.6. The summed E-state index contributed by atoms with van der Waals surface area (Å²) in [4.78, 5) is 9.68. The maximum Gasteiger partial charge on any atom is 0.238 e. The zero-order chi connectivity index (χ0) is 8.36. The lowest BCUT2D eigenvalue weighted by atomic mass is 9.96. The van der Waals surface area contributed by atoms with Crippen LogP contribution in [0.3, 0.4) is 0 Å². The Balaban J connectivity index is 4.17. The predicted octanol–water partition coefficient (Wildman–Crippen LogP) is 0.813. The minimum Gasteiger partial charge on any atom is -0.383 e. The Hall–Kier alpha value is -0.640. The summed E-state index contributed by atoms with van der Waals surface area (Å²) >= 11 is 0. The molecule has 0 aliphatic carbocycles. The summed E-state index contributed by atoms with van der Waals surface area (Å²) in [5.74, 6) is 0. The highest BCUT2D eigenvalue weighted by Crippen LogP contribution is 2.15. The third-order valence-electron chi connectivity index (χ3n) is 1.93. The molecule has 4 nitrogen and oxygen atoms in total. The summed E-state index contributed by atoms with van der Waals surface area (Å²) < 4.78 is 0. The molecule has 0 spiro atoms. The molecule has 0 aliphatic heterocycles. The molecule has 0 bridgehead atoms. The SMILES string of the molecule is CC[C@](C)(O)[C@@H](C)[N+](=O)[O-]. The van der Waals surface area contributed by atoms with Crippen molar-refractivity contribution in [2.75, 3.05) is 0 Å². The molecule has 10 heavy (non-hydrogen) atoms. The molecule has 0 amide bonds. The van der Waals surface area contributed by atoms with E-state index < -0.39 is 16.6 Å². The minimum absolute atomic E-state index is 0.398. The first kappa shape index (κ1) is 9.36. The van der Waals surface area contributed by atoms with E-state index in [1.807, 2.05) is 0 Å². The zero-order valence-corrected chi connectivity index (χ0v) is 6.50. The Morgan fingerprint density at radius 2 is 2.20 bits per heavy atom. The Morgan fingerprint density at radius 3 is 2.30 bits per heavy atom. The van der Waals surface area contributed by atoms with E-state index in [0.717, 1.165) is 0 Å². The van der Waals surface area contributed by atoms with Crippen molar-refractivity contribution in [3.05, 3.63) is 10.1 Å². The maximum absolute atomic E-state index is 10.2. The van der Waals surface area contributed by atoms with Gasteiger partial charge in [0.25, 0.3) is 0 Å². The Kier molecular flexibility index (Phi) is 2.77. The van der Waals surface area contributed by atoms with Crippen molar-refractivity contribution in [1.82, 2.24) is 0 Å². The van der Waals surface area contributed by atoms with Crippen molar-refractivity contribution in [1.29, 1.82) is 0 Å². The van der Waals surface area contributed by atoms with E-state index in [9.17, 15) is 15.2 Å². The summed E-state index contributed by atoms with van der Waals surface area (Å²) in [6.07, 6.45) is 0.398. The van der Waals surface area contributed by atoms with Gasteiger partial charge >= 0.3 is 0 Å². The fourth-order valence-electron chi connectivity index (χ4n) is 0.522. The van der Waals surface area contributed by atoms with E-state index in [1.165, 1.54) is 13.8 Å². The fourth-order valence-corrected chi connectivity index (χ4v) is 0.522. The number of nitrogens with zero attached hydrogens (tertiary/aromatic N) is 1. The summed E-state index contributed by atoms with van der Waals surface area (Å²) in [5, 5.41) is 19.5. The highest BCUT2D eigenvalue weighted by molar-refractivity contribution is 4.76. The number of rotatable bonds is 3. The Labute approximate surface area is 60.0 Å². The van der Waals surface area contributed by atoms with Gasteiger partial charge in [-0.1, -0.05) is 6.92 Å². The Morgan fingerprint density at radius 1 is 1.80 bits per heavy atom. The van der Waals surface area contributed by atoms with Gasteiger partial charge in [-0.25, -0.2) is 0 Å². The maximum atomic E-state index is 10.2. The van der Waals surface area contributed by atoms with E-state index in [4.69, 9.17) is 0 Å². The molecular weight excluding hydrogens is 134 g/mol. The quantitative estimate of drug-likeness (QED) is 0.474. The van der Waals surface area contributed by atoms with Gasteiger partial charge in [0.1, 0.15) is 5.60 Å². The lowest BCUT2D eigenvalue weighted by Crippen LogP contribution is -2.41. The molecule has 0 aromatic heterocycles. The van der Waals surface area contributed by atoms with Crippen LogP contribution in [0.5, 0.6) is 0 Å². The van der Waals surface area contributed by atoms with E-state index in [0.29, 0.717) is 6.42 Å². The largest absolute Gasteiger partial charge is 0.383 e. The summed E-state index contributed by atoms with van der Waals surface area (Å²) in [6.45, 7) is 4.60.